The highest BCUT2D eigenvalue weighted by Gasteiger charge is 2.19. The zero-order chi connectivity index (χ0) is 12.5. The van der Waals surface area contributed by atoms with Crippen molar-refractivity contribution in [1.82, 2.24) is 0 Å². The van der Waals surface area contributed by atoms with E-state index in [1.807, 2.05) is 0 Å². The number of halogens is 2. The quantitative estimate of drug-likeness (QED) is 0.662. The van der Waals surface area contributed by atoms with Gasteiger partial charge in [0.15, 0.2) is 5.78 Å². The molecule has 1 N–H and O–H groups in total. The third kappa shape index (κ3) is 2.78. The summed E-state index contributed by atoms with van der Waals surface area (Å²) < 4.78 is 35.1. The van der Waals surface area contributed by atoms with E-state index in [-0.39, 0.29) is 5.56 Å². The van der Waals surface area contributed by atoms with Crippen molar-refractivity contribution < 1.29 is 22.7 Å². The Bertz CT molecular complexity index is 524. The van der Waals surface area contributed by atoms with Crippen molar-refractivity contribution in [1.29, 1.82) is 0 Å². The van der Waals surface area contributed by atoms with Crippen molar-refractivity contribution in [2.75, 3.05) is 0 Å². The molecule has 4 nitrogen and oxygen atoms in total. The Morgan fingerprint density at radius 2 is 2.06 bits per heavy atom. The molecule has 1 unspecified atom stereocenters. The summed E-state index contributed by atoms with van der Waals surface area (Å²) in [6.07, 6.45) is -1.35. The first-order valence-corrected chi connectivity index (χ1v) is 6.51. The van der Waals surface area contributed by atoms with E-state index in [4.69, 9.17) is 15.8 Å². The van der Waals surface area contributed by atoms with Crippen LogP contribution in [0.3, 0.4) is 0 Å². The van der Waals surface area contributed by atoms with Crippen molar-refractivity contribution in [3.05, 3.63) is 29.6 Å². The SMILES string of the molecule is CC(O)C(=O)c1ccc(S(=O)(=O)Cl)cc1F. The highest BCUT2D eigenvalue weighted by atomic mass is 35.7. The van der Waals surface area contributed by atoms with E-state index in [9.17, 15) is 17.6 Å². The average Bonchev–Trinajstić information content (AvgIpc) is 2.15. The molecule has 1 rings (SSSR count). The summed E-state index contributed by atoms with van der Waals surface area (Å²) in [5.74, 6) is -1.86. The molecule has 7 heteroatoms. The number of hydrogen-bond acceptors (Lipinski definition) is 4. The zero-order valence-electron chi connectivity index (χ0n) is 8.15. The van der Waals surface area contributed by atoms with Gasteiger partial charge in [0.2, 0.25) is 0 Å². The Hall–Kier alpha value is -0.980. The first-order valence-electron chi connectivity index (χ1n) is 4.20. The molecule has 1 aromatic rings. The Morgan fingerprint density at radius 1 is 1.50 bits per heavy atom. The van der Waals surface area contributed by atoms with E-state index < -0.39 is 31.7 Å². The van der Waals surface area contributed by atoms with Crippen LogP contribution < -0.4 is 0 Å². The molecule has 88 valence electrons. The molecular formula is C9H8ClFO4S. The van der Waals surface area contributed by atoms with Crippen LogP contribution in [-0.4, -0.2) is 25.4 Å². The topological polar surface area (TPSA) is 71.4 Å². The Labute approximate surface area is 96.1 Å². The number of hydrogen-bond donors (Lipinski definition) is 1. The van der Waals surface area contributed by atoms with Gasteiger partial charge in [0, 0.05) is 10.7 Å². The number of carbonyl (C=O) groups is 1. The minimum atomic E-state index is -4.03. The second-order valence-corrected chi connectivity index (χ2v) is 5.69. The van der Waals surface area contributed by atoms with Crippen molar-refractivity contribution in [3.8, 4) is 0 Å². The lowest BCUT2D eigenvalue weighted by Crippen LogP contribution is -2.17. The van der Waals surface area contributed by atoms with Gasteiger partial charge < -0.3 is 5.11 Å². The van der Waals surface area contributed by atoms with E-state index in [1.165, 1.54) is 6.92 Å². The summed E-state index contributed by atoms with van der Waals surface area (Å²) in [6.45, 7) is 1.19. The van der Waals surface area contributed by atoms with Gasteiger partial charge in [0.25, 0.3) is 9.05 Å². The molecule has 0 amide bonds. The first-order chi connectivity index (χ1) is 7.23. The molecule has 1 aromatic carbocycles. The monoisotopic (exact) mass is 266 g/mol. The maximum Gasteiger partial charge on any atom is 0.261 e. The van der Waals surface area contributed by atoms with Gasteiger partial charge in [-0.2, -0.15) is 0 Å². The van der Waals surface area contributed by atoms with Crippen LogP contribution in [-0.2, 0) is 9.05 Å². The Kier molecular flexibility index (Phi) is 3.67. The average molecular weight is 267 g/mol. The van der Waals surface area contributed by atoms with E-state index >= 15 is 0 Å². The summed E-state index contributed by atoms with van der Waals surface area (Å²) in [6, 6.07) is 2.61. The van der Waals surface area contributed by atoms with Crippen LogP contribution in [0, 0.1) is 5.82 Å². The highest BCUT2D eigenvalue weighted by Crippen LogP contribution is 2.19. The van der Waals surface area contributed by atoms with Crippen LogP contribution in [0.2, 0.25) is 0 Å². The summed E-state index contributed by atoms with van der Waals surface area (Å²) in [7, 11) is 0.967. The smallest absolute Gasteiger partial charge is 0.261 e. The number of Topliss-reactive ketones (excluding diaryl/α,β-unsaturated/α-hetero) is 1. The molecule has 0 radical (unpaired) electrons. The maximum atomic E-state index is 13.3. The van der Waals surface area contributed by atoms with Gasteiger partial charge in [-0.3, -0.25) is 4.79 Å². The predicted molar refractivity (Wildman–Crippen MR) is 55.5 cm³/mol. The van der Waals surface area contributed by atoms with Gasteiger partial charge in [-0.05, 0) is 25.1 Å². The van der Waals surface area contributed by atoms with Crippen molar-refractivity contribution >= 4 is 25.5 Å². The molecule has 0 aliphatic carbocycles. The van der Waals surface area contributed by atoms with E-state index in [0.717, 1.165) is 12.1 Å². The number of ketones is 1. The predicted octanol–water partition coefficient (Wildman–Crippen LogP) is 1.32. The molecule has 16 heavy (non-hydrogen) atoms. The minimum absolute atomic E-state index is 0.376. The van der Waals surface area contributed by atoms with Crippen LogP contribution in [0.4, 0.5) is 4.39 Å². The molecule has 0 heterocycles. The third-order valence-electron chi connectivity index (χ3n) is 1.87. The molecule has 0 fully saturated rings. The number of carbonyl (C=O) groups excluding carboxylic acids is 1. The fraction of sp³-hybridized carbons (Fsp3) is 0.222. The lowest BCUT2D eigenvalue weighted by molar-refractivity contribution is 0.0775. The molecule has 1 atom stereocenters. The molecule has 0 aliphatic heterocycles. The van der Waals surface area contributed by atoms with Gasteiger partial charge in [0.05, 0.1) is 10.5 Å². The standard InChI is InChI=1S/C9H8ClFO4S/c1-5(12)9(13)7-3-2-6(4-8(7)11)16(10,14)15/h2-5,12H,1H3. The summed E-state index contributed by atoms with van der Waals surface area (Å²) in [5.41, 5.74) is -0.376. The van der Waals surface area contributed by atoms with E-state index in [1.54, 1.807) is 0 Å². The summed E-state index contributed by atoms with van der Waals surface area (Å²) >= 11 is 0. The van der Waals surface area contributed by atoms with Crippen LogP contribution in [0.15, 0.2) is 23.1 Å². The molecule has 0 aromatic heterocycles. The normalized spacial score (nSPS) is 13.5. The Morgan fingerprint density at radius 3 is 2.44 bits per heavy atom. The van der Waals surface area contributed by atoms with E-state index in [0.29, 0.717) is 6.07 Å². The molecule has 0 saturated carbocycles. The third-order valence-corrected chi connectivity index (χ3v) is 3.22. The summed E-state index contributed by atoms with van der Waals surface area (Å²) in [5, 5.41) is 8.97. The number of aliphatic hydroxyl groups is 1. The summed E-state index contributed by atoms with van der Waals surface area (Å²) in [4.78, 5) is 10.8. The van der Waals surface area contributed by atoms with Gasteiger partial charge in [-0.1, -0.05) is 0 Å². The molecular weight excluding hydrogens is 259 g/mol. The van der Waals surface area contributed by atoms with Crippen molar-refractivity contribution in [2.24, 2.45) is 0 Å². The Balaban J connectivity index is 3.26. The van der Waals surface area contributed by atoms with Gasteiger partial charge in [-0.25, -0.2) is 12.8 Å². The lowest BCUT2D eigenvalue weighted by Gasteiger charge is -2.05. The van der Waals surface area contributed by atoms with Crippen LogP contribution in [0.1, 0.15) is 17.3 Å². The van der Waals surface area contributed by atoms with Gasteiger partial charge >= 0.3 is 0 Å². The van der Waals surface area contributed by atoms with Gasteiger partial charge in [0.1, 0.15) is 11.9 Å². The molecule has 0 saturated heterocycles. The molecule has 0 spiro atoms. The lowest BCUT2D eigenvalue weighted by atomic mass is 10.1. The second-order valence-electron chi connectivity index (χ2n) is 3.12. The first kappa shape index (κ1) is 13.1. The second kappa shape index (κ2) is 4.48. The minimum Gasteiger partial charge on any atom is -0.385 e. The van der Waals surface area contributed by atoms with Crippen molar-refractivity contribution in [3.63, 3.8) is 0 Å². The fourth-order valence-electron chi connectivity index (χ4n) is 1.07. The molecule has 0 bridgehead atoms. The zero-order valence-corrected chi connectivity index (χ0v) is 9.72. The highest BCUT2D eigenvalue weighted by molar-refractivity contribution is 8.13. The number of benzene rings is 1. The maximum absolute atomic E-state index is 13.3. The van der Waals surface area contributed by atoms with Crippen LogP contribution in [0.5, 0.6) is 0 Å². The number of rotatable bonds is 3. The van der Waals surface area contributed by atoms with Gasteiger partial charge in [-0.15, -0.1) is 0 Å². The van der Waals surface area contributed by atoms with E-state index in [2.05, 4.69) is 0 Å². The fourth-order valence-corrected chi connectivity index (χ4v) is 1.84. The van der Waals surface area contributed by atoms with Crippen LogP contribution in [0.25, 0.3) is 0 Å². The largest absolute Gasteiger partial charge is 0.385 e. The van der Waals surface area contributed by atoms with Crippen LogP contribution >= 0.6 is 10.7 Å². The molecule has 0 aliphatic rings. The van der Waals surface area contributed by atoms with Crippen molar-refractivity contribution in [2.45, 2.75) is 17.9 Å². The number of aliphatic hydroxyl groups excluding tert-OH is 1.